The van der Waals surface area contributed by atoms with Crippen LogP contribution in [0.25, 0.3) is 10.9 Å². The molecule has 1 N–H and O–H groups in total. The maximum absolute atomic E-state index is 13.5. The van der Waals surface area contributed by atoms with Crippen molar-refractivity contribution in [2.45, 2.75) is 38.3 Å². The van der Waals surface area contributed by atoms with Gasteiger partial charge in [0.2, 0.25) is 0 Å². The van der Waals surface area contributed by atoms with Gasteiger partial charge in [0.05, 0.1) is 11.3 Å². The van der Waals surface area contributed by atoms with E-state index in [2.05, 4.69) is 22.9 Å². The lowest BCUT2D eigenvalue weighted by molar-refractivity contribution is 0.295. The molecule has 0 amide bonds. The summed E-state index contributed by atoms with van der Waals surface area (Å²) in [6, 6.07) is 13.3. The summed E-state index contributed by atoms with van der Waals surface area (Å²) in [6.07, 6.45) is 2.26. The fourth-order valence-corrected chi connectivity index (χ4v) is 4.78. The van der Waals surface area contributed by atoms with E-state index in [0.717, 1.165) is 33.9 Å². The first-order chi connectivity index (χ1) is 14.4. The van der Waals surface area contributed by atoms with Gasteiger partial charge in [-0.3, -0.25) is 14.7 Å². The standard InChI is InChI=1S/C24H25Cl2N3O/c1-4-22(29(2)3)28-21-12-14(16-7-5-6-8-18(16)26)11-20-23(21)24(30)17-13-15(25)9-10-19(17)27-20/h5-10,13-14,22H,4,11-12H2,1-3H3,(H,27,30). The van der Waals surface area contributed by atoms with Crippen LogP contribution in [0.3, 0.4) is 0 Å². The van der Waals surface area contributed by atoms with E-state index in [1.165, 1.54) is 0 Å². The highest BCUT2D eigenvalue weighted by Gasteiger charge is 2.30. The Labute approximate surface area is 186 Å². The molecule has 3 aromatic rings. The highest BCUT2D eigenvalue weighted by Crippen LogP contribution is 2.36. The SMILES string of the molecule is CCC(N=C1CC(c2ccccc2Cl)Cc2[nH]c3ccc(Cl)cc3c(=O)c21)N(C)C. The van der Waals surface area contributed by atoms with Crippen LogP contribution in [0.2, 0.25) is 10.0 Å². The number of hydrogen-bond donors (Lipinski definition) is 1. The average molecular weight is 442 g/mol. The third-order valence-corrected chi connectivity index (χ3v) is 6.41. The molecule has 0 aliphatic heterocycles. The Morgan fingerprint density at radius 2 is 1.93 bits per heavy atom. The number of fused-ring (bicyclic) bond motifs is 2. The molecule has 4 rings (SSSR count). The second-order valence-electron chi connectivity index (χ2n) is 8.05. The Bertz CT molecular complexity index is 1180. The predicted molar refractivity (Wildman–Crippen MR) is 126 cm³/mol. The zero-order valence-corrected chi connectivity index (χ0v) is 18.9. The van der Waals surface area contributed by atoms with Crippen molar-refractivity contribution in [1.29, 1.82) is 0 Å². The third-order valence-electron chi connectivity index (χ3n) is 5.83. The number of nitrogens with one attached hydrogen (secondary N) is 1. The van der Waals surface area contributed by atoms with Gasteiger partial charge in [-0.1, -0.05) is 48.3 Å². The van der Waals surface area contributed by atoms with Gasteiger partial charge in [0, 0.05) is 26.6 Å². The van der Waals surface area contributed by atoms with E-state index in [1.807, 2.05) is 38.4 Å². The van der Waals surface area contributed by atoms with E-state index in [4.69, 9.17) is 28.2 Å². The summed E-state index contributed by atoms with van der Waals surface area (Å²) in [6.45, 7) is 2.11. The topological polar surface area (TPSA) is 48.5 Å². The van der Waals surface area contributed by atoms with Gasteiger partial charge in [-0.2, -0.15) is 0 Å². The number of H-pyrrole nitrogens is 1. The molecule has 4 nitrogen and oxygen atoms in total. The number of aromatic amines is 1. The molecule has 0 saturated heterocycles. The second-order valence-corrected chi connectivity index (χ2v) is 8.90. The number of nitrogens with zero attached hydrogens (tertiary/aromatic N) is 2. The molecule has 156 valence electrons. The first-order valence-corrected chi connectivity index (χ1v) is 11.0. The summed E-state index contributed by atoms with van der Waals surface area (Å²) >= 11 is 12.7. The quantitative estimate of drug-likeness (QED) is 0.568. The van der Waals surface area contributed by atoms with Crippen molar-refractivity contribution in [3.05, 3.63) is 79.6 Å². The fraction of sp³-hybridized carbons (Fsp3) is 0.333. The predicted octanol–water partition coefficient (Wildman–Crippen LogP) is 5.65. The van der Waals surface area contributed by atoms with Crippen LogP contribution in [-0.4, -0.2) is 35.9 Å². The van der Waals surface area contributed by atoms with E-state index in [1.54, 1.807) is 12.1 Å². The molecule has 0 bridgehead atoms. The summed E-state index contributed by atoms with van der Waals surface area (Å²) in [5.74, 6) is 0.157. The average Bonchev–Trinajstić information content (AvgIpc) is 2.72. The van der Waals surface area contributed by atoms with Crippen LogP contribution in [0.4, 0.5) is 0 Å². The van der Waals surface area contributed by atoms with E-state index in [9.17, 15) is 4.79 Å². The van der Waals surface area contributed by atoms with Crippen LogP contribution >= 0.6 is 23.2 Å². The number of aliphatic imine (C=N–C) groups is 1. The van der Waals surface area contributed by atoms with Crippen molar-refractivity contribution in [3.8, 4) is 0 Å². The molecule has 2 aromatic carbocycles. The van der Waals surface area contributed by atoms with Crippen LogP contribution in [0.1, 0.15) is 42.5 Å². The lowest BCUT2D eigenvalue weighted by Crippen LogP contribution is -2.32. The number of rotatable bonds is 4. The van der Waals surface area contributed by atoms with Crippen LogP contribution < -0.4 is 5.43 Å². The summed E-state index contributed by atoms with van der Waals surface area (Å²) in [5, 5.41) is 1.90. The van der Waals surface area contributed by atoms with Crippen molar-refractivity contribution < 1.29 is 0 Å². The maximum Gasteiger partial charge on any atom is 0.198 e. The first-order valence-electron chi connectivity index (χ1n) is 10.2. The molecule has 1 aromatic heterocycles. The molecule has 0 fully saturated rings. The van der Waals surface area contributed by atoms with Crippen molar-refractivity contribution in [2.75, 3.05) is 14.1 Å². The molecule has 30 heavy (non-hydrogen) atoms. The number of benzene rings is 2. The van der Waals surface area contributed by atoms with Gasteiger partial charge >= 0.3 is 0 Å². The van der Waals surface area contributed by atoms with Crippen molar-refractivity contribution >= 4 is 39.8 Å². The Hall–Kier alpha value is -2.14. The monoisotopic (exact) mass is 441 g/mol. The van der Waals surface area contributed by atoms with Gasteiger partial charge in [-0.15, -0.1) is 0 Å². The summed E-state index contributed by atoms with van der Waals surface area (Å²) in [7, 11) is 4.02. The lowest BCUT2D eigenvalue weighted by Gasteiger charge is -2.29. The van der Waals surface area contributed by atoms with Gasteiger partial charge in [0.15, 0.2) is 5.43 Å². The van der Waals surface area contributed by atoms with E-state index < -0.39 is 0 Å². The van der Waals surface area contributed by atoms with Crippen molar-refractivity contribution in [3.63, 3.8) is 0 Å². The van der Waals surface area contributed by atoms with Crippen LogP contribution in [0.15, 0.2) is 52.3 Å². The minimum Gasteiger partial charge on any atom is -0.358 e. The zero-order valence-electron chi connectivity index (χ0n) is 17.4. The summed E-state index contributed by atoms with van der Waals surface area (Å²) < 4.78 is 0. The first kappa shape index (κ1) is 21.1. The van der Waals surface area contributed by atoms with Gasteiger partial charge < -0.3 is 4.98 Å². The van der Waals surface area contributed by atoms with Crippen molar-refractivity contribution in [2.24, 2.45) is 4.99 Å². The zero-order chi connectivity index (χ0) is 21.4. The minimum absolute atomic E-state index is 0.00676. The van der Waals surface area contributed by atoms with Gasteiger partial charge in [0.1, 0.15) is 6.17 Å². The van der Waals surface area contributed by atoms with Gasteiger partial charge in [-0.05, 0) is 69.1 Å². The molecule has 1 aliphatic rings. The highest BCUT2D eigenvalue weighted by molar-refractivity contribution is 6.31. The molecule has 2 unspecified atom stereocenters. The number of pyridine rings is 1. The minimum atomic E-state index is -0.00813. The molecular formula is C24H25Cl2N3O. The normalized spacial score (nSPS) is 18.7. The van der Waals surface area contributed by atoms with Gasteiger partial charge in [0.25, 0.3) is 0 Å². The Balaban J connectivity index is 1.94. The van der Waals surface area contributed by atoms with Crippen molar-refractivity contribution in [1.82, 2.24) is 9.88 Å². The molecule has 0 saturated carbocycles. The van der Waals surface area contributed by atoms with E-state index in [0.29, 0.717) is 28.8 Å². The lowest BCUT2D eigenvalue weighted by atomic mass is 9.80. The summed E-state index contributed by atoms with van der Waals surface area (Å²) in [4.78, 5) is 24.1. The molecule has 2 atom stereocenters. The number of hydrogen-bond acceptors (Lipinski definition) is 3. The third kappa shape index (κ3) is 3.92. The summed E-state index contributed by atoms with van der Waals surface area (Å²) in [5.41, 5.74) is 4.32. The van der Waals surface area contributed by atoms with Crippen LogP contribution in [0.5, 0.6) is 0 Å². The molecule has 6 heteroatoms. The number of halogens is 2. The maximum atomic E-state index is 13.5. The fourth-order valence-electron chi connectivity index (χ4n) is 4.32. The smallest absolute Gasteiger partial charge is 0.198 e. The number of aromatic nitrogens is 1. The molecule has 1 heterocycles. The molecular weight excluding hydrogens is 417 g/mol. The van der Waals surface area contributed by atoms with E-state index in [-0.39, 0.29) is 17.5 Å². The van der Waals surface area contributed by atoms with E-state index >= 15 is 0 Å². The largest absolute Gasteiger partial charge is 0.358 e. The highest BCUT2D eigenvalue weighted by atomic mass is 35.5. The Kier molecular flexibility index (Phi) is 6.01. The molecule has 0 radical (unpaired) electrons. The Morgan fingerprint density at radius 1 is 1.17 bits per heavy atom. The molecule has 0 spiro atoms. The van der Waals surface area contributed by atoms with Gasteiger partial charge in [-0.25, -0.2) is 0 Å². The molecule has 1 aliphatic carbocycles. The van der Waals surface area contributed by atoms with Crippen LogP contribution in [-0.2, 0) is 6.42 Å². The van der Waals surface area contributed by atoms with Crippen LogP contribution in [0, 0.1) is 0 Å². The Morgan fingerprint density at radius 3 is 2.63 bits per heavy atom. The second kappa shape index (κ2) is 8.54.